The number of phenolic OH excluding ortho intramolecular Hbond substituents is 1. The van der Waals surface area contributed by atoms with E-state index in [0.29, 0.717) is 37.4 Å². The van der Waals surface area contributed by atoms with Crippen LogP contribution in [-0.2, 0) is 6.42 Å². The van der Waals surface area contributed by atoms with E-state index in [1.54, 1.807) is 34.3 Å². The zero-order chi connectivity index (χ0) is 18.5. The minimum absolute atomic E-state index is 0.0603. The normalized spacial score (nSPS) is 14.2. The van der Waals surface area contributed by atoms with E-state index in [1.807, 2.05) is 6.92 Å². The summed E-state index contributed by atoms with van der Waals surface area (Å²) in [6.07, 6.45) is 3.92. The van der Waals surface area contributed by atoms with Crippen molar-refractivity contribution in [1.29, 1.82) is 0 Å². The average Bonchev–Trinajstić information content (AvgIpc) is 2.68. The molecule has 8 heteroatoms. The maximum absolute atomic E-state index is 12.5. The molecule has 0 atom stereocenters. The van der Waals surface area contributed by atoms with Gasteiger partial charge in [-0.3, -0.25) is 4.79 Å². The molecule has 0 radical (unpaired) electrons. The third kappa shape index (κ3) is 4.08. The van der Waals surface area contributed by atoms with Gasteiger partial charge >= 0.3 is 6.03 Å². The molecule has 136 valence electrons. The summed E-state index contributed by atoms with van der Waals surface area (Å²) in [5.74, 6) is 0.636. The number of aryl methyl sites for hydroxylation is 1. The third-order valence-corrected chi connectivity index (χ3v) is 4.22. The van der Waals surface area contributed by atoms with Crippen LogP contribution in [0.2, 0.25) is 0 Å². The maximum atomic E-state index is 12.5. The standard InChI is InChI=1S/C18H21N5O3/c1-2-16-19-11-14(12-20-16)21-18(26)23-8-6-22(7-9-23)17(25)13-4-3-5-15(24)10-13/h3-5,10-12,24H,2,6-9H2,1H3,(H,21,26). The highest BCUT2D eigenvalue weighted by atomic mass is 16.3. The Labute approximate surface area is 151 Å². The Bertz CT molecular complexity index is 786. The highest BCUT2D eigenvalue weighted by molar-refractivity contribution is 5.95. The summed E-state index contributed by atoms with van der Waals surface area (Å²) in [7, 11) is 0. The van der Waals surface area contributed by atoms with Crippen molar-refractivity contribution in [3.8, 4) is 5.75 Å². The number of aromatic nitrogens is 2. The van der Waals surface area contributed by atoms with Crippen LogP contribution in [0.3, 0.4) is 0 Å². The highest BCUT2D eigenvalue weighted by Crippen LogP contribution is 2.15. The van der Waals surface area contributed by atoms with Gasteiger partial charge in [0.25, 0.3) is 5.91 Å². The SMILES string of the molecule is CCc1ncc(NC(=O)N2CCN(C(=O)c3cccc(O)c3)CC2)cn1. The van der Waals surface area contributed by atoms with E-state index < -0.39 is 0 Å². The van der Waals surface area contributed by atoms with Gasteiger partial charge in [-0.1, -0.05) is 13.0 Å². The van der Waals surface area contributed by atoms with Crippen LogP contribution in [0.1, 0.15) is 23.1 Å². The van der Waals surface area contributed by atoms with Gasteiger partial charge in [-0.05, 0) is 18.2 Å². The Balaban J connectivity index is 1.54. The predicted molar refractivity (Wildman–Crippen MR) is 96.0 cm³/mol. The van der Waals surface area contributed by atoms with Crippen molar-refractivity contribution >= 4 is 17.6 Å². The Hall–Kier alpha value is -3.16. The summed E-state index contributed by atoms with van der Waals surface area (Å²) >= 11 is 0. The lowest BCUT2D eigenvalue weighted by molar-refractivity contribution is 0.0671. The zero-order valence-corrected chi connectivity index (χ0v) is 14.6. The van der Waals surface area contributed by atoms with Gasteiger partial charge in [-0.25, -0.2) is 14.8 Å². The minimum Gasteiger partial charge on any atom is -0.508 e. The number of hydrogen-bond acceptors (Lipinski definition) is 5. The highest BCUT2D eigenvalue weighted by Gasteiger charge is 2.25. The zero-order valence-electron chi connectivity index (χ0n) is 14.6. The lowest BCUT2D eigenvalue weighted by atomic mass is 10.1. The number of hydrogen-bond donors (Lipinski definition) is 2. The number of urea groups is 1. The van der Waals surface area contributed by atoms with Crippen LogP contribution in [0.4, 0.5) is 10.5 Å². The molecule has 1 aliphatic rings. The van der Waals surface area contributed by atoms with Gasteiger partial charge in [0, 0.05) is 38.2 Å². The number of nitrogens with zero attached hydrogens (tertiary/aromatic N) is 4. The lowest BCUT2D eigenvalue weighted by Gasteiger charge is -2.34. The van der Waals surface area contributed by atoms with E-state index in [4.69, 9.17) is 0 Å². The van der Waals surface area contributed by atoms with Gasteiger partial charge in [0.1, 0.15) is 11.6 Å². The molecule has 8 nitrogen and oxygen atoms in total. The first-order valence-corrected chi connectivity index (χ1v) is 8.52. The number of amides is 3. The molecular weight excluding hydrogens is 334 g/mol. The molecule has 2 N–H and O–H groups in total. The molecule has 1 saturated heterocycles. The molecule has 2 heterocycles. The van der Waals surface area contributed by atoms with Crippen molar-refractivity contribution in [2.75, 3.05) is 31.5 Å². The molecule has 0 bridgehead atoms. The molecule has 1 aromatic heterocycles. The third-order valence-electron chi connectivity index (χ3n) is 4.22. The second kappa shape index (κ2) is 7.81. The second-order valence-electron chi connectivity index (χ2n) is 6.00. The van der Waals surface area contributed by atoms with Gasteiger partial charge < -0.3 is 20.2 Å². The fourth-order valence-electron chi connectivity index (χ4n) is 2.74. The van der Waals surface area contributed by atoms with Crippen LogP contribution in [0, 0.1) is 0 Å². The number of nitrogens with one attached hydrogen (secondary N) is 1. The molecule has 26 heavy (non-hydrogen) atoms. The van der Waals surface area contributed by atoms with Crippen LogP contribution >= 0.6 is 0 Å². The summed E-state index contributed by atoms with van der Waals surface area (Å²) < 4.78 is 0. The van der Waals surface area contributed by atoms with Crippen LogP contribution in [-0.4, -0.2) is 63.0 Å². The number of anilines is 1. The molecule has 0 spiro atoms. The molecular formula is C18H21N5O3. The van der Waals surface area contributed by atoms with E-state index in [-0.39, 0.29) is 17.7 Å². The fraction of sp³-hybridized carbons (Fsp3) is 0.333. The number of carbonyl (C=O) groups is 2. The van der Waals surface area contributed by atoms with Crippen molar-refractivity contribution in [1.82, 2.24) is 19.8 Å². The van der Waals surface area contributed by atoms with Crippen LogP contribution in [0.25, 0.3) is 0 Å². The smallest absolute Gasteiger partial charge is 0.322 e. The first-order valence-electron chi connectivity index (χ1n) is 8.52. The van der Waals surface area contributed by atoms with Gasteiger partial charge in [-0.2, -0.15) is 0 Å². The fourth-order valence-corrected chi connectivity index (χ4v) is 2.74. The topological polar surface area (TPSA) is 98.7 Å². The van der Waals surface area contributed by atoms with Crippen molar-refractivity contribution in [2.45, 2.75) is 13.3 Å². The number of rotatable bonds is 3. The number of piperazine rings is 1. The Morgan fingerprint density at radius 3 is 2.38 bits per heavy atom. The first kappa shape index (κ1) is 17.7. The maximum Gasteiger partial charge on any atom is 0.322 e. The van der Waals surface area contributed by atoms with Crippen LogP contribution < -0.4 is 5.32 Å². The largest absolute Gasteiger partial charge is 0.508 e. The summed E-state index contributed by atoms with van der Waals surface area (Å²) in [5.41, 5.74) is 0.988. The summed E-state index contributed by atoms with van der Waals surface area (Å²) in [4.78, 5) is 36.4. The number of phenols is 1. The van der Waals surface area contributed by atoms with Crippen molar-refractivity contribution < 1.29 is 14.7 Å². The predicted octanol–water partition coefficient (Wildman–Crippen LogP) is 1.73. The van der Waals surface area contributed by atoms with E-state index in [9.17, 15) is 14.7 Å². The monoisotopic (exact) mass is 355 g/mol. The lowest BCUT2D eigenvalue weighted by Crippen LogP contribution is -2.51. The molecule has 0 aliphatic carbocycles. The molecule has 1 fully saturated rings. The van der Waals surface area contributed by atoms with Crippen molar-refractivity contribution in [2.24, 2.45) is 0 Å². The van der Waals surface area contributed by atoms with E-state index in [2.05, 4.69) is 15.3 Å². The average molecular weight is 355 g/mol. The minimum atomic E-state index is -0.234. The van der Waals surface area contributed by atoms with E-state index in [1.165, 1.54) is 12.1 Å². The van der Waals surface area contributed by atoms with Gasteiger partial charge in [-0.15, -0.1) is 0 Å². The molecule has 2 aromatic rings. The molecule has 1 aliphatic heterocycles. The molecule has 0 saturated carbocycles. The quantitative estimate of drug-likeness (QED) is 0.874. The summed E-state index contributed by atoms with van der Waals surface area (Å²) in [6, 6.07) is 6.04. The van der Waals surface area contributed by atoms with Gasteiger partial charge in [0.2, 0.25) is 0 Å². The van der Waals surface area contributed by atoms with E-state index >= 15 is 0 Å². The number of carbonyl (C=O) groups excluding carboxylic acids is 2. The van der Waals surface area contributed by atoms with Crippen molar-refractivity contribution in [3.05, 3.63) is 48.0 Å². The number of benzene rings is 1. The Morgan fingerprint density at radius 1 is 1.12 bits per heavy atom. The molecule has 0 unspecified atom stereocenters. The van der Waals surface area contributed by atoms with Crippen LogP contribution in [0.5, 0.6) is 5.75 Å². The summed E-state index contributed by atoms with van der Waals surface area (Å²) in [5, 5.41) is 12.3. The van der Waals surface area contributed by atoms with Gasteiger partial charge in [0.15, 0.2) is 0 Å². The van der Waals surface area contributed by atoms with E-state index in [0.717, 1.165) is 12.2 Å². The van der Waals surface area contributed by atoms with Crippen molar-refractivity contribution in [3.63, 3.8) is 0 Å². The molecule has 3 amide bonds. The Morgan fingerprint density at radius 2 is 1.77 bits per heavy atom. The summed E-state index contributed by atoms with van der Waals surface area (Å²) in [6.45, 7) is 3.71. The van der Waals surface area contributed by atoms with Gasteiger partial charge in [0.05, 0.1) is 18.1 Å². The molecule has 1 aromatic carbocycles. The first-order chi connectivity index (χ1) is 12.6. The Kier molecular flexibility index (Phi) is 5.31. The molecule has 3 rings (SSSR count). The van der Waals surface area contributed by atoms with Crippen LogP contribution in [0.15, 0.2) is 36.7 Å². The number of aromatic hydroxyl groups is 1. The second-order valence-corrected chi connectivity index (χ2v) is 6.00.